The molecular formula is C53H90O12S. The zero-order chi connectivity index (χ0) is 48.2. The number of hydrogen-bond donors (Lipinski definition) is 4. The van der Waals surface area contributed by atoms with Crippen LogP contribution in [0.1, 0.15) is 181 Å². The van der Waals surface area contributed by atoms with E-state index in [2.05, 4.69) is 103 Å². The first-order valence-electron chi connectivity index (χ1n) is 25.3. The van der Waals surface area contributed by atoms with Gasteiger partial charge in [0.15, 0.2) is 6.29 Å². The van der Waals surface area contributed by atoms with Crippen LogP contribution >= 0.6 is 0 Å². The van der Waals surface area contributed by atoms with E-state index in [0.29, 0.717) is 13.0 Å². The minimum atomic E-state index is -5.07. The van der Waals surface area contributed by atoms with Gasteiger partial charge in [0.2, 0.25) is 0 Å². The van der Waals surface area contributed by atoms with Crippen molar-refractivity contribution in [1.29, 1.82) is 0 Å². The van der Waals surface area contributed by atoms with Crippen LogP contribution in [0.25, 0.3) is 0 Å². The lowest BCUT2D eigenvalue weighted by Gasteiger charge is -2.41. The van der Waals surface area contributed by atoms with Gasteiger partial charge in [-0.2, -0.15) is 8.42 Å². The average Bonchev–Trinajstić information content (AvgIpc) is 3.29. The number of aliphatic hydroxyl groups excluding tert-OH is 3. The molecule has 1 fully saturated rings. The topological polar surface area (TPSA) is 178 Å². The maximum absolute atomic E-state index is 12.9. The number of esters is 1. The molecule has 1 aliphatic heterocycles. The molecule has 0 aromatic rings. The quantitative estimate of drug-likeness (QED) is 0.0197. The summed E-state index contributed by atoms with van der Waals surface area (Å²) in [7, 11) is -5.07. The average molecular weight is 951 g/mol. The smallest absolute Gasteiger partial charge is 0.397 e. The number of unbranched alkanes of at least 4 members (excludes halogenated alkanes) is 16. The summed E-state index contributed by atoms with van der Waals surface area (Å²) in [6.07, 6.45) is 49.0. The van der Waals surface area contributed by atoms with Crippen molar-refractivity contribution < 1.29 is 56.2 Å². The number of aliphatic hydroxyl groups is 3. The van der Waals surface area contributed by atoms with Crippen LogP contribution < -0.4 is 0 Å². The first-order chi connectivity index (χ1) is 32.1. The molecule has 1 saturated heterocycles. The fraction of sp³-hybridized carbons (Fsp3) is 0.717. The molecule has 0 radical (unpaired) electrons. The highest BCUT2D eigenvalue weighted by atomic mass is 32.3. The summed E-state index contributed by atoms with van der Waals surface area (Å²) < 4.78 is 59.2. The summed E-state index contributed by atoms with van der Waals surface area (Å²) in [5.41, 5.74) is 0. The van der Waals surface area contributed by atoms with Crippen LogP contribution in [-0.4, -0.2) is 97.5 Å². The molecular weight excluding hydrogens is 861 g/mol. The number of carbonyl (C=O) groups is 1. The van der Waals surface area contributed by atoms with Gasteiger partial charge >= 0.3 is 16.4 Å². The second-order valence-corrected chi connectivity index (χ2v) is 18.1. The van der Waals surface area contributed by atoms with E-state index in [0.717, 1.165) is 83.5 Å². The molecule has 0 aromatic heterocycles. The van der Waals surface area contributed by atoms with Crippen LogP contribution in [0.15, 0.2) is 85.1 Å². The molecule has 6 unspecified atom stereocenters. The molecule has 12 nitrogen and oxygen atoms in total. The Kier molecular flexibility index (Phi) is 40.4. The molecule has 380 valence electrons. The van der Waals surface area contributed by atoms with Crippen molar-refractivity contribution in [3.05, 3.63) is 85.1 Å². The molecule has 66 heavy (non-hydrogen) atoms. The molecule has 1 heterocycles. The van der Waals surface area contributed by atoms with Crippen molar-refractivity contribution in [1.82, 2.24) is 0 Å². The molecule has 6 atom stereocenters. The van der Waals surface area contributed by atoms with Gasteiger partial charge in [0.05, 0.1) is 19.8 Å². The first kappa shape index (κ1) is 61.3. The van der Waals surface area contributed by atoms with E-state index < -0.39 is 59.8 Å². The lowest BCUT2D eigenvalue weighted by Crippen LogP contribution is -2.60. The van der Waals surface area contributed by atoms with Crippen LogP contribution in [0.5, 0.6) is 0 Å². The van der Waals surface area contributed by atoms with E-state index in [9.17, 15) is 33.1 Å². The Morgan fingerprint density at radius 3 is 1.52 bits per heavy atom. The summed E-state index contributed by atoms with van der Waals surface area (Å²) in [5, 5.41) is 30.7. The van der Waals surface area contributed by atoms with Gasteiger partial charge in [0.25, 0.3) is 0 Å². The summed E-state index contributed by atoms with van der Waals surface area (Å²) in [6.45, 7) is 3.83. The largest absolute Gasteiger partial charge is 0.457 e. The van der Waals surface area contributed by atoms with Gasteiger partial charge in [-0.25, -0.2) is 4.18 Å². The van der Waals surface area contributed by atoms with Crippen LogP contribution in [0.4, 0.5) is 0 Å². The highest BCUT2D eigenvalue weighted by molar-refractivity contribution is 7.80. The van der Waals surface area contributed by atoms with Crippen LogP contribution in [0.3, 0.4) is 0 Å². The zero-order valence-corrected chi connectivity index (χ0v) is 41.5. The van der Waals surface area contributed by atoms with Gasteiger partial charge in [0, 0.05) is 13.0 Å². The van der Waals surface area contributed by atoms with E-state index >= 15 is 0 Å². The fourth-order valence-corrected chi connectivity index (χ4v) is 7.75. The van der Waals surface area contributed by atoms with E-state index in [1.165, 1.54) is 70.6 Å². The molecule has 4 N–H and O–H groups in total. The molecule has 0 bridgehead atoms. The first-order valence-corrected chi connectivity index (χ1v) is 26.7. The van der Waals surface area contributed by atoms with Crippen LogP contribution in [-0.2, 0) is 38.3 Å². The second kappa shape index (κ2) is 43.6. The van der Waals surface area contributed by atoms with Crippen molar-refractivity contribution in [2.45, 2.75) is 218 Å². The minimum absolute atomic E-state index is 0.0194. The fourth-order valence-electron chi connectivity index (χ4n) is 7.24. The highest BCUT2D eigenvalue weighted by Gasteiger charge is 2.48. The van der Waals surface area contributed by atoms with Gasteiger partial charge in [-0.3, -0.25) is 9.35 Å². The van der Waals surface area contributed by atoms with E-state index in [4.69, 9.17) is 18.9 Å². The molecule has 0 saturated carbocycles. The lowest BCUT2D eigenvalue weighted by atomic mass is 9.99. The maximum atomic E-state index is 12.9. The highest BCUT2D eigenvalue weighted by Crippen LogP contribution is 2.26. The zero-order valence-electron chi connectivity index (χ0n) is 40.7. The Morgan fingerprint density at radius 2 is 1.05 bits per heavy atom. The van der Waals surface area contributed by atoms with Crippen molar-refractivity contribution >= 4 is 16.4 Å². The summed E-state index contributed by atoms with van der Waals surface area (Å²) >= 11 is 0. The van der Waals surface area contributed by atoms with Gasteiger partial charge in [-0.1, -0.05) is 189 Å². The Balaban J connectivity index is 2.40. The Bertz CT molecular complexity index is 1470. The van der Waals surface area contributed by atoms with Gasteiger partial charge in [0.1, 0.15) is 30.5 Å². The normalized spacial score (nSPS) is 20.2. The molecule has 13 heteroatoms. The van der Waals surface area contributed by atoms with Crippen molar-refractivity contribution in [2.75, 3.05) is 26.4 Å². The number of ether oxygens (including phenoxy) is 4. The standard InChI is InChI=1S/C53H90O12S/c1-3-5-7-9-11-13-15-17-19-20-21-22-23-24-25-26-27-28-29-30-32-34-36-38-40-42-49(55)63-47(45-61-43-41-39-37-35-33-31-18-16-14-12-10-8-6-4-2)46-62-53-51(57)52(65-66(58,59)60)50(56)48(44-54)64-53/h5,7,11,13,17,19,21-22,24-25,27-28,30,32,47-48,50-54,56-57H,3-4,6,8-10,12,14-16,18,20,23,26,29,31,33-46H2,1-2H3,(H,58,59,60)/b7-5-,13-11-,19-17-,22-21-,25-24-,28-27-,32-30-. The van der Waals surface area contributed by atoms with Crippen LogP contribution in [0.2, 0.25) is 0 Å². The van der Waals surface area contributed by atoms with Crippen molar-refractivity contribution in [2.24, 2.45) is 0 Å². The molecule has 1 aliphatic rings. The van der Waals surface area contributed by atoms with Crippen molar-refractivity contribution in [3.8, 4) is 0 Å². The van der Waals surface area contributed by atoms with Crippen LogP contribution in [0, 0.1) is 0 Å². The lowest BCUT2D eigenvalue weighted by molar-refractivity contribution is -0.301. The molecule has 0 amide bonds. The molecule has 0 aliphatic carbocycles. The number of hydrogen-bond acceptors (Lipinski definition) is 11. The minimum Gasteiger partial charge on any atom is -0.457 e. The summed E-state index contributed by atoms with van der Waals surface area (Å²) in [4.78, 5) is 12.9. The summed E-state index contributed by atoms with van der Waals surface area (Å²) in [5.74, 6) is -0.432. The predicted molar refractivity (Wildman–Crippen MR) is 266 cm³/mol. The summed E-state index contributed by atoms with van der Waals surface area (Å²) in [6, 6.07) is 0. The van der Waals surface area contributed by atoms with E-state index in [-0.39, 0.29) is 19.6 Å². The molecule has 0 aromatic carbocycles. The molecule has 1 rings (SSSR count). The number of rotatable bonds is 43. The van der Waals surface area contributed by atoms with E-state index in [1.54, 1.807) is 0 Å². The second-order valence-electron chi connectivity index (χ2n) is 17.0. The third-order valence-electron chi connectivity index (χ3n) is 11.0. The predicted octanol–water partition coefficient (Wildman–Crippen LogP) is 11.6. The molecule has 0 spiro atoms. The Labute approximate surface area is 400 Å². The third kappa shape index (κ3) is 36.3. The van der Waals surface area contributed by atoms with Gasteiger partial charge < -0.3 is 34.3 Å². The van der Waals surface area contributed by atoms with Gasteiger partial charge in [-0.05, 0) is 70.6 Å². The van der Waals surface area contributed by atoms with E-state index in [1.807, 2.05) is 0 Å². The SMILES string of the molecule is CC/C=C\C/C=C\C/C=C\C/C=C\C/C=C\C/C=C\C/C=C\CCCCCC(=O)OC(COCCCCCCCCCCCCCCCC)COC1OC(CO)C(O)C(OS(=O)(=O)O)C1O. The number of carbonyl (C=O) groups excluding carboxylic acids is 1. The third-order valence-corrected chi connectivity index (χ3v) is 11.5. The Morgan fingerprint density at radius 1 is 0.591 bits per heavy atom. The number of allylic oxidation sites excluding steroid dienone is 14. The van der Waals surface area contributed by atoms with Crippen molar-refractivity contribution in [3.63, 3.8) is 0 Å². The Hall–Kier alpha value is -2.72. The van der Waals surface area contributed by atoms with Gasteiger partial charge in [-0.15, -0.1) is 0 Å². The monoisotopic (exact) mass is 951 g/mol. The maximum Gasteiger partial charge on any atom is 0.397 e.